The second-order valence-electron chi connectivity index (χ2n) is 9.12. The summed E-state index contributed by atoms with van der Waals surface area (Å²) in [7, 11) is -5.00. The number of aliphatic hydroxyl groups excluding tert-OH is 2. The van der Waals surface area contributed by atoms with Crippen LogP contribution >= 0.6 is 7.82 Å². The summed E-state index contributed by atoms with van der Waals surface area (Å²) in [5.74, 6) is 0.691. The van der Waals surface area contributed by atoms with Gasteiger partial charge in [0.05, 0.1) is 6.61 Å². The molecule has 0 radical (unpaired) electrons. The fraction of sp³-hybridized carbons (Fsp3) is 0.714. The Balaban J connectivity index is 1.70. The first-order chi connectivity index (χ1) is 15.0. The highest BCUT2D eigenvalue weighted by Gasteiger charge is 2.48. The van der Waals surface area contributed by atoms with Crippen molar-refractivity contribution >= 4 is 13.8 Å². The first kappa shape index (κ1) is 25.2. The van der Waals surface area contributed by atoms with Gasteiger partial charge in [0.1, 0.15) is 23.9 Å². The highest BCUT2D eigenvalue weighted by molar-refractivity contribution is 7.44. The minimum atomic E-state index is -5.00. The Morgan fingerprint density at radius 1 is 1.34 bits per heavy atom. The summed E-state index contributed by atoms with van der Waals surface area (Å²) in [6, 6.07) is 3.18. The Morgan fingerprint density at radius 3 is 2.72 bits per heavy atom. The Kier molecular flexibility index (Phi) is 8.09. The summed E-state index contributed by atoms with van der Waals surface area (Å²) in [5.41, 5.74) is 0.262. The van der Waals surface area contributed by atoms with Gasteiger partial charge >= 0.3 is 5.97 Å². The molecule has 11 heteroatoms. The molecule has 3 rings (SSSR count). The maximum absolute atomic E-state index is 12.9. The van der Waals surface area contributed by atoms with Gasteiger partial charge in [-0.05, 0) is 36.7 Å². The zero-order valence-electron chi connectivity index (χ0n) is 18.4. The lowest BCUT2D eigenvalue weighted by Crippen LogP contribution is -2.46. The number of hydrogen-bond acceptors (Lipinski definition) is 8. The van der Waals surface area contributed by atoms with E-state index in [0.29, 0.717) is 17.8 Å². The molecule has 1 saturated heterocycles. The van der Waals surface area contributed by atoms with Crippen molar-refractivity contribution in [2.75, 3.05) is 6.61 Å². The molecule has 8 atom stereocenters. The van der Waals surface area contributed by atoms with Crippen molar-refractivity contribution in [2.24, 2.45) is 17.8 Å². The molecule has 1 aromatic rings. The van der Waals surface area contributed by atoms with Crippen LogP contribution < -0.4 is 9.46 Å². The molecule has 32 heavy (non-hydrogen) atoms. The Labute approximate surface area is 187 Å². The number of carbonyl (C=O) groups excluding carboxylic acids is 1. The lowest BCUT2D eigenvalue weighted by molar-refractivity contribution is -0.765. The molecule has 4 unspecified atom stereocenters. The average Bonchev–Trinajstić information content (AvgIpc) is 3.00. The minimum absolute atomic E-state index is 0.169. The number of nitrogens with zero attached hydrogens (tertiary/aromatic N) is 1. The molecule has 0 bridgehead atoms. The molecule has 1 saturated carbocycles. The minimum Gasteiger partial charge on any atom is -0.756 e. The highest BCUT2D eigenvalue weighted by atomic mass is 31.2. The van der Waals surface area contributed by atoms with Crippen molar-refractivity contribution in [1.29, 1.82) is 0 Å². The normalized spacial score (nSPS) is 34.9. The van der Waals surface area contributed by atoms with Gasteiger partial charge in [-0.3, -0.25) is 4.57 Å². The Hall–Kier alpha value is -1.39. The number of pyridine rings is 1. The van der Waals surface area contributed by atoms with E-state index in [-0.39, 0.29) is 11.7 Å². The lowest BCUT2D eigenvalue weighted by Gasteiger charge is -2.36. The summed E-state index contributed by atoms with van der Waals surface area (Å²) in [6.45, 7) is 5.75. The fourth-order valence-corrected chi connectivity index (χ4v) is 4.84. The molecule has 1 aliphatic carbocycles. The van der Waals surface area contributed by atoms with Gasteiger partial charge in [0.15, 0.2) is 18.5 Å². The molecule has 2 fully saturated rings. The summed E-state index contributed by atoms with van der Waals surface area (Å²) >= 11 is 0. The molecule has 0 amide bonds. The van der Waals surface area contributed by atoms with Crippen molar-refractivity contribution in [3.8, 4) is 0 Å². The van der Waals surface area contributed by atoms with E-state index < -0.39 is 44.9 Å². The molecule has 1 aromatic heterocycles. The van der Waals surface area contributed by atoms with Crippen molar-refractivity contribution in [1.82, 2.24) is 0 Å². The maximum atomic E-state index is 12.9. The Morgan fingerprint density at radius 2 is 2.06 bits per heavy atom. The van der Waals surface area contributed by atoms with Crippen molar-refractivity contribution in [3.05, 3.63) is 30.1 Å². The number of esters is 1. The lowest BCUT2D eigenvalue weighted by atomic mass is 9.75. The quantitative estimate of drug-likeness (QED) is 0.295. The van der Waals surface area contributed by atoms with Crippen molar-refractivity contribution < 1.29 is 47.9 Å². The average molecular weight is 473 g/mol. The van der Waals surface area contributed by atoms with Crippen molar-refractivity contribution in [3.63, 3.8) is 0 Å². The van der Waals surface area contributed by atoms with E-state index in [1.54, 1.807) is 18.3 Å². The smallest absolute Gasteiger partial charge is 0.344 e. The number of aliphatic hydroxyl groups is 2. The zero-order valence-corrected chi connectivity index (χ0v) is 19.3. The first-order valence-corrected chi connectivity index (χ1v) is 12.4. The third-order valence-corrected chi connectivity index (χ3v) is 6.79. The molecular formula is C21H32NO9P. The van der Waals surface area contributed by atoms with Crippen LogP contribution in [0.5, 0.6) is 0 Å². The van der Waals surface area contributed by atoms with Gasteiger partial charge in [-0.2, -0.15) is 4.57 Å². The van der Waals surface area contributed by atoms with Gasteiger partial charge in [-0.25, -0.2) is 4.79 Å². The fourth-order valence-electron chi connectivity index (χ4n) is 4.51. The van der Waals surface area contributed by atoms with Crippen LogP contribution in [0.15, 0.2) is 24.5 Å². The predicted molar refractivity (Wildman–Crippen MR) is 109 cm³/mol. The molecule has 0 spiro atoms. The number of rotatable bonds is 7. The van der Waals surface area contributed by atoms with Gasteiger partial charge in [0, 0.05) is 6.07 Å². The summed E-state index contributed by atoms with van der Waals surface area (Å²) in [5, 5.41) is 20.5. The third-order valence-electron chi connectivity index (χ3n) is 6.31. The second kappa shape index (κ2) is 10.3. The molecule has 180 valence electrons. The maximum Gasteiger partial charge on any atom is 0.344 e. The van der Waals surface area contributed by atoms with Crippen LogP contribution in [-0.4, -0.2) is 52.1 Å². The van der Waals surface area contributed by atoms with E-state index >= 15 is 0 Å². The van der Waals surface area contributed by atoms with Crippen LogP contribution in [0.1, 0.15) is 56.6 Å². The van der Waals surface area contributed by atoms with Crippen LogP contribution in [-0.2, 0) is 18.6 Å². The molecule has 0 aromatic carbocycles. The molecule has 2 aliphatic rings. The predicted octanol–water partition coefficient (Wildman–Crippen LogP) is 0.688. The van der Waals surface area contributed by atoms with E-state index in [1.807, 2.05) is 0 Å². The van der Waals surface area contributed by atoms with Crippen LogP contribution in [0, 0.1) is 17.8 Å². The van der Waals surface area contributed by atoms with Crippen molar-refractivity contribution in [2.45, 2.75) is 70.7 Å². The van der Waals surface area contributed by atoms with Crippen LogP contribution in [0.4, 0.5) is 0 Å². The van der Waals surface area contributed by atoms with E-state index in [1.165, 1.54) is 10.8 Å². The van der Waals surface area contributed by atoms with E-state index in [0.717, 1.165) is 19.3 Å². The molecule has 10 nitrogen and oxygen atoms in total. The number of phosphoric ester groups is 1. The summed E-state index contributed by atoms with van der Waals surface area (Å²) in [4.78, 5) is 32.4. The standard InChI is InChI=1S/C21H32NO9P/c1-12(2)15-7-6-13(3)9-16(15)31-21(25)14-5-4-8-22(10-14)20-19(24)18(23)17(30-20)11-29-32(26,27)28/h4-5,8,10,12-13,15-20,23-24H,6-7,9,11H2,1-3H3,(H-,26,27,28)/t13?,15?,16?,17-,18-,19-,20-/m1/s1. The number of phosphoric acid groups is 1. The van der Waals surface area contributed by atoms with Crippen LogP contribution in [0.25, 0.3) is 0 Å². The summed E-state index contributed by atoms with van der Waals surface area (Å²) < 4.78 is 27.9. The topological polar surface area (TPSA) is 149 Å². The SMILES string of the molecule is CC1CCC(C(C)C)C(OC(=O)c2ccc[n+]([C@@H]3O[C@H](COP(=O)([O-])O)[C@@H](O)[C@H]3O)c2)C1. The van der Waals surface area contributed by atoms with Crippen LogP contribution in [0.3, 0.4) is 0 Å². The largest absolute Gasteiger partial charge is 0.756 e. The monoisotopic (exact) mass is 473 g/mol. The summed E-state index contributed by atoms with van der Waals surface area (Å²) in [6.07, 6.45) is 0.630. The number of ether oxygens (including phenoxy) is 2. The van der Waals surface area contributed by atoms with Gasteiger partial charge in [0.25, 0.3) is 14.1 Å². The van der Waals surface area contributed by atoms with Crippen LogP contribution in [0.2, 0.25) is 0 Å². The molecule has 2 heterocycles. The van der Waals surface area contributed by atoms with Gasteiger partial charge in [-0.1, -0.05) is 27.2 Å². The number of hydrogen-bond donors (Lipinski definition) is 3. The van der Waals surface area contributed by atoms with E-state index in [4.69, 9.17) is 14.4 Å². The molecule has 1 aliphatic heterocycles. The zero-order chi connectivity index (χ0) is 23.6. The van der Waals surface area contributed by atoms with E-state index in [2.05, 4.69) is 25.3 Å². The highest BCUT2D eigenvalue weighted by Crippen LogP contribution is 2.36. The molecular weight excluding hydrogens is 441 g/mol. The Bertz CT molecular complexity index is 844. The van der Waals surface area contributed by atoms with Gasteiger partial charge in [0.2, 0.25) is 0 Å². The van der Waals surface area contributed by atoms with E-state index in [9.17, 15) is 24.5 Å². The third kappa shape index (κ3) is 6.14. The number of aromatic nitrogens is 1. The van der Waals surface area contributed by atoms with Gasteiger partial charge in [-0.15, -0.1) is 0 Å². The van der Waals surface area contributed by atoms with Gasteiger partial charge < -0.3 is 34.0 Å². The molecule has 3 N–H and O–H groups in total. The first-order valence-electron chi connectivity index (χ1n) is 10.9. The number of carbonyl (C=O) groups is 1. The second-order valence-corrected chi connectivity index (χ2v) is 10.3.